The van der Waals surface area contributed by atoms with E-state index in [4.69, 9.17) is 47.5 Å². The van der Waals surface area contributed by atoms with E-state index < -0.39 is 107 Å². The summed E-state index contributed by atoms with van der Waals surface area (Å²) in [6, 6.07) is 16.1. The van der Waals surface area contributed by atoms with Gasteiger partial charge in [-0.15, -0.1) is 0 Å². The number of carbonyl (C=O) groups excluding carboxylic acids is 8. The lowest BCUT2D eigenvalue weighted by Gasteiger charge is -2.28. The van der Waals surface area contributed by atoms with Crippen molar-refractivity contribution in [3.63, 3.8) is 0 Å². The van der Waals surface area contributed by atoms with Gasteiger partial charge in [-0.2, -0.15) is 4.99 Å². The van der Waals surface area contributed by atoms with E-state index >= 15 is 0 Å². The van der Waals surface area contributed by atoms with E-state index in [2.05, 4.69) is 63.0 Å². The number of amidine groups is 1. The Hall–Kier alpha value is -9.43. The minimum absolute atomic E-state index is 0.0222. The van der Waals surface area contributed by atoms with E-state index in [1.54, 1.807) is 93.7 Å². The number of ether oxygens (including phenoxy) is 3. The van der Waals surface area contributed by atoms with Crippen LogP contribution in [0.25, 0.3) is 10.9 Å². The molecule has 1 saturated heterocycles. The van der Waals surface area contributed by atoms with Crippen molar-refractivity contribution in [1.82, 2.24) is 52.7 Å². The minimum atomic E-state index is -1.95. The van der Waals surface area contributed by atoms with Crippen LogP contribution in [-0.2, 0) is 56.9 Å². The first kappa shape index (κ1) is 74.0. The Morgan fingerprint density at radius 3 is 1.89 bits per heavy atom. The summed E-state index contributed by atoms with van der Waals surface area (Å²) in [5.74, 6) is -4.88. The second-order valence-electron chi connectivity index (χ2n) is 23.0. The maximum absolute atomic E-state index is 14.6. The van der Waals surface area contributed by atoms with Crippen LogP contribution >= 0.6 is 11.6 Å². The van der Waals surface area contributed by atoms with Crippen LogP contribution in [0, 0.1) is 12.8 Å². The molecular weight excluding hydrogens is 1280 g/mol. The van der Waals surface area contributed by atoms with E-state index in [1.165, 1.54) is 51.5 Å². The van der Waals surface area contributed by atoms with Gasteiger partial charge < -0.3 is 88.1 Å². The molecule has 3 heterocycles. The van der Waals surface area contributed by atoms with Crippen molar-refractivity contribution in [2.45, 2.75) is 120 Å². The molecule has 29 nitrogen and oxygen atoms in total. The molecule has 16 N–H and O–H groups in total. The molecule has 0 spiro atoms. The number of nitrogens with zero attached hydrogens (tertiary/aromatic N) is 3. The first-order valence-electron chi connectivity index (χ1n) is 31.0. The largest absolute Gasteiger partial charge is 0.609 e. The lowest BCUT2D eigenvalue weighted by molar-refractivity contribution is -0.136. The molecule has 7 rings (SSSR count). The third kappa shape index (κ3) is 21.0. The van der Waals surface area contributed by atoms with Gasteiger partial charge in [-0.05, 0) is 113 Å². The van der Waals surface area contributed by atoms with Crippen molar-refractivity contribution in [2.75, 3.05) is 45.7 Å². The summed E-state index contributed by atoms with van der Waals surface area (Å²) >= 11 is 4.88. The number of rotatable bonds is 21. The van der Waals surface area contributed by atoms with Crippen LogP contribution < -0.4 is 79.3 Å². The van der Waals surface area contributed by atoms with Gasteiger partial charge in [0.1, 0.15) is 65.3 Å². The van der Waals surface area contributed by atoms with Crippen LogP contribution in [0.3, 0.4) is 0 Å². The first-order chi connectivity index (χ1) is 46.0. The fraction of sp³-hybridized carbons (Fsp3) is 0.400. The quantitative estimate of drug-likeness (QED) is 0.0279. The number of methoxy groups -OCH3 is 2. The molecule has 0 radical (unpaired) electrons. The maximum atomic E-state index is 14.6. The summed E-state index contributed by atoms with van der Waals surface area (Å²) in [7, 11) is 3.04. The zero-order chi connectivity index (χ0) is 69.6. The predicted molar refractivity (Wildman–Crippen MR) is 359 cm³/mol. The highest BCUT2D eigenvalue weighted by atomic mass is 35.5. The van der Waals surface area contributed by atoms with Gasteiger partial charge in [-0.25, -0.2) is 0 Å². The predicted octanol–water partition coefficient (Wildman–Crippen LogP) is 2.29. The van der Waals surface area contributed by atoms with Crippen LogP contribution in [0.5, 0.6) is 23.0 Å². The topological polar surface area (TPSA) is 445 Å². The summed E-state index contributed by atoms with van der Waals surface area (Å²) in [5.41, 5.74) is 19.8. The Kier molecular flexibility index (Phi) is 27.7. The van der Waals surface area contributed by atoms with Gasteiger partial charge in [0.2, 0.25) is 47.2 Å². The Morgan fingerprint density at radius 2 is 1.30 bits per heavy atom. The molecular formula is C65H82ClN15O14S. The fourth-order valence-electron chi connectivity index (χ4n) is 10.1. The van der Waals surface area contributed by atoms with E-state index in [-0.39, 0.29) is 97.9 Å². The number of aliphatic hydroxyl groups excluding tert-OH is 1. The average Bonchev–Trinajstić information content (AvgIpc) is 0.911. The molecule has 2 aromatic heterocycles. The Balaban J connectivity index is 1.14. The summed E-state index contributed by atoms with van der Waals surface area (Å²) in [6.07, 6.45) is -0.744. The molecule has 9 atom stereocenters. The van der Waals surface area contributed by atoms with Gasteiger partial charge in [0.05, 0.1) is 36.6 Å². The summed E-state index contributed by atoms with van der Waals surface area (Å²) in [4.78, 5) is 123. The number of nitrogens with two attached hydrogens (primary N) is 3. The second kappa shape index (κ2) is 35.9. The van der Waals surface area contributed by atoms with Crippen molar-refractivity contribution >= 4 is 97.6 Å². The van der Waals surface area contributed by atoms with Crippen LogP contribution in [-0.4, -0.2) is 161 Å². The van der Waals surface area contributed by atoms with E-state index in [0.717, 1.165) is 0 Å². The number of aryl methyl sites for hydroxylation is 1. The van der Waals surface area contributed by atoms with E-state index in [9.17, 15) is 48.0 Å². The van der Waals surface area contributed by atoms with Crippen molar-refractivity contribution in [3.8, 4) is 23.0 Å². The number of benzene rings is 4. The molecule has 8 amide bonds. The zero-order valence-electron chi connectivity index (χ0n) is 53.9. The highest BCUT2D eigenvalue weighted by Crippen LogP contribution is 2.38. The average molecular weight is 1360 g/mol. The number of amides is 8. The molecule has 0 bridgehead atoms. The molecule has 1 unspecified atom stereocenters. The monoisotopic (exact) mass is 1360 g/mol. The van der Waals surface area contributed by atoms with E-state index in [0.29, 0.717) is 56.5 Å². The molecule has 1 aliphatic heterocycles. The third-order valence-electron chi connectivity index (χ3n) is 15.1. The number of pyridine rings is 1. The lowest BCUT2D eigenvalue weighted by Crippen LogP contribution is -2.61. The lowest BCUT2D eigenvalue weighted by atomic mass is 10.00. The number of aromatic nitrogens is 2. The fourth-order valence-corrected chi connectivity index (χ4v) is 11.4. The van der Waals surface area contributed by atoms with Crippen molar-refractivity contribution in [1.29, 1.82) is 0 Å². The molecule has 0 saturated carbocycles. The molecule has 6 aromatic rings. The molecule has 31 heteroatoms. The van der Waals surface area contributed by atoms with Gasteiger partial charge >= 0.3 is 5.17 Å². The van der Waals surface area contributed by atoms with Crippen molar-refractivity contribution < 1.29 is 66.7 Å². The number of hydrogen-bond donors (Lipinski definition) is 13. The standard InChI is InChI=1S/C65H82ClN15O14S/c1-35(2)28-50-62(88)75-45(18-23-67)58(84)74-47(20-25-69)61(87)80-56(37(4)82)64(90)71-26-21-48(60(86)73-46(19-24-68)59(85)77-51(63(89)76-50)30-38-10-8-7-9-11-38)72-57(83)40-14-12-39(13-15-40)34-96(91)65(79-55-29-36(3)95-81-55)78-44-17-16-41(31-43(44)66)94-52-22-27-70-49-33-54(93-6)53(92-5)32-42(49)52/h7-17,22,27,29,31-33,35,37,45-48,50-51,56,82H,18-21,23-26,28,30,34,67-69H2,1-6H3,(H,71,90)(H,72,83)(H,73,86)(H,74,84)(H,75,88)(H,76,89)(H,77,85)(H,80,87)(H,78,79,81)/t37-,45+,46+,47+,48+,50+,51-,56-,96?/m1/s1. The van der Waals surface area contributed by atoms with Crippen LogP contribution in [0.1, 0.15) is 80.1 Å². The number of nitrogens with one attached hydrogen (secondary N) is 9. The number of aliphatic hydroxyl groups is 1. The Labute approximate surface area is 562 Å². The SMILES string of the molecule is COc1cc2nccc(Oc3ccc(N/C(=N/c4cc(C)on4)[S+]([O-])Cc4ccc(C(=O)N[C@H]5CCNC(=O)[C@@H]([C@@H](C)O)NC(=O)[C@H](CCN)NC(=O)[C@H](CCN)NC(=O)[C@H](CC(C)C)NC(=O)[C@@H](Cc6ccccc6)NC(=O)[C@H](CCN)NC5=O)cc4)c(Cl)c3)c2cc1OC. The Bertz CT molecular complexity index is 3710. The number of aliphatic imine (C=N–C) groups is 1. The number of halogens is 1. The van der Waals surface area contributed by atoms with Gasteiger partial charge in [0, 0.05) is 65.1 Å². The second-order valence-corrected chi connectivity index (χ2v) is 24.8. The summed E-state index contributed by atoms with van der Waals surface area (Å²) in [6.45, 7) is 5.77. The number of hydrogen-bond acceptors (Lipinski definition) is 20. The number of carbonyl (C=O) groups is 8. The van der Waals surface area contributed by atoms with Crippen LogP contribution in [0.15, 0.2) is 113 Å². The normalized spacial score (nSPS) is 20.5. The first-order valence-corrected chi connectivity index (χ1v) is 32.7. The smallest absolute Gasteiger partial charge is 0.323 e. The maximum Gasteiger partial charge on any atom is 0.323 e. The number of fused-ring (bicyclic) bond motifs is 1. The zero-order valence-corrected chi connectivity index (χ0v) is 55.5. The van der Waals surface area contributed by atoms with Gasteiger partial charge in [0.15, 0.2) is 11.5 Å². The molecule has 96 heavy (non-hydrogen) atoms. The number of anilines is 1. The molecule has 4 aromatic carbocycles. The van der Waals surface area contributed by atoms with Crippen molar-refractivity contribution in [2.24, 2.45) is 28.1 Å². The van der Waals surface area contributed by atoms with Gasteiger partial charge in [0.25, 0.3) is 5.91 Å². The molecule has 0 aliphatic carbocycles. The van der Waals surface area contributed by atoms with E-state index in [1.807, 2.05) is 0 Å². The minimum Gasteiger partial charge on any atom is -0.609 e. The summed E-state index contributed by atoms with van der Waals surface area (Å²) in [5, 5.41) is 39.6. The third-order valence-corrected chi connectivity index (χ3v) is 16.6. The van der Waals surface area contributed by atoms with Crippen LogP contribution in [0.4, 0.5) is 11.5 Å². The summed E-state index contributed by atoms with van der Waals surface area (Å²) < 4.78 is 36.8. The van der Waals surface area contributed by atoms with Gasteiger partial charge in [-0.1, -0.05) is 73.1 Å². The van der Waals surface area contributed by atoms with Crippen molar-refractivity contribution in [3.05, 3.63) is 131 Å². The molecule has 1 fully saturated rings. The highest BCUT2D eigenvalue weighted by molar-refractivity contribution is 8.06. The molecule has 514 valence electrons. The Morgan fingerprint density at radius 1 is 0.719 bits per heavy atom. The highest BCUT2D eigenvalue weighted by Gasteiger charge is 2.36. The van der Waals surface area contributed by atoms with Gasteiger partial charge in [-0.3, -0.25) is 48.7 Å². The molecule has 1 aliphatic rings. The van der Waals surface area contributed by atoms with Crippen LogP contribution in [0.2, 0.25) is 5.02 Å².